The molecule has 4 saturated heterocycles. The topological polar surface area (TPSA) is 202 Å². The number of nitrogens with two attached hydrogens (primary N) is 1. The summed E-state index contributed by atoms with van der Waals surface area (Å²) in [5, 5.41) is 16.9. The van der Waals surface area contributed by atoms with Crippen molar-refractivity contribution in [1.29, 1.82) is 0 Å². The van der Waals surface area contributed by atoms with Gasteiger partial charge in [0.05, 0.1) is 66.1 Å². The molecule has 0 bridgehead atoms. The number of hydrogen-bond acceptors (Lipinski definition) is 12. The molecule has 21 heteroatoms. The van der Waals surface area contributed by atoms with Crippen molar-refractivity contribution in [2.75, 3.05) is 106 Å². The molecule has 4 aliphatic heterocycles. The number of ether oxygens (including phenoxy) is 6. The summed E-state index contributed by atoms with van der Waals surface area (Å²) >= 11 is 12.0. The first-order valence-corrected chi connectivity index (χ1v) is 25.5. The minimum atomic E-state index is -0.484. The van der Waals surface area contributed by atoms with Crippen molar-refractivity contribution in [3.05, 3.63) is 94.0 Å². The minimum absolute atomic E-state index is 0. The van der Waals surface area contributed by atoms with Gasteiger partial charge >= 0.3 is 18.1 Å². The lowest BCUT2D eigenvalue weighted by molar-refractivity contribution is 0.123. The van der Waals surface area contributed by atoms with Crippen LogP contribution in [0.2, 0.25) is 10.0 Å². The van der Waals surface area contributed by atoms with Crippen LogP contribution in [0.15, 0.2) is 72.8 Å². The van der Waals surface area contributed by atoms with Gasteiger partial charge in [-0.25, -0.2) is 14.4 Å². The van der Waals surface area contributed by atoms with Gasteiger partial charge in [-0.15, -0.1) is 12.4 Å². The van der Waals surface area contributed by atoms with Crippen LogP contribution in [-0.4, -0.2) is 152 Å². The number of benzene rings is 4. The summed E-state index contributed by atoms with van der Waals surface area (Å²) in [6.45, 7) is 6.31. The average molecular weight is 1090 g/mol. The Morgan fingerprint density at radius 3 is 1.34 bits per heavy atom. The quantitative estimate of drug-likeness (QED) is 0.0638. The molecule has 4 aromatic carbocycles. The Kier molecular flexibility index (Phi) is 21.5. The number of hydrogen-bond donors (Lipinski definition) is 6. The van der Waals surface area contributed by atoms with E-state index < -0.39 is 12.1 Å². The zero-order chi connectivity index (χ0) is 52.0. The number of urea groups is 3. The third kappa shape index (κ3) is 15.2. The van der Waals surface area contributed by atoms with Crippen molar-refractivity contribution in [1.82, 2.24) is 30.7 Å². The molecule has 404 valence electrons. The van der Waals surface area contributed by atoms with Gasteiger partial charge in [-0.05, 0) is 112 Å². The highest BCUT2D eigenvalue weighted by atomic mass is 35.5. The number of rotatable bonds is 16. The lowest BCUT2D eigenvalue weighted by Crippen LogP contribution is -2.54. The number of carbonyl (C=O) groups is 3. The molecular weight excluding hydrogens is 1010 g/mol. The lowest BCUT2D eigenvalue weighted by Gasteiger charge is -2.38. The van der Waals surface area contributed by atoms with E-state index >= 15 is 0 Å². The normalized spacial score (nSPS) is 20.2. The first kappa shape index (κ1) is 57.5. The Morgan fingerprint density at radius 2 is 0.959 bits per heavy atom. The average Bonchev–Trinajstić information content (AvgIpc) is 4.05. The van der Waals surface area contributed by atoms with Crippen molar-refractivity contribution in [2.45, 2.75) is 62.7 Å². The van der Waals surface area contributed by atoms with Crippen LogP contribution >= 0.6 is 35.6 Å². The number of nitrogens with zero attached hydrogens (tertiary/aromatic N) is 3. The van der Waals surface area contributed by atoms with E-state index in [4.69, 9.17) is 57.4 Å². The Bertz CT molecular complexity index is 2410. The van der Waals surface area contributed by atoms with Crippen molar-refractivity contribution in [2.24, 2.45) is 17.6 Å². The van der Waals surface area contributed by atoms with Gasteiger partial charge in [-0.1, -0.05) is 47.5 Å². The molecule has 4 heterocycles. The molecule has 4 fully saturated rings. The first-order valence-electron chi connectivity index (χ1n) is 24.8. The Hall–Kier alpha value is -5.76. The van der Waals surface area contributed by atoms with Crippen molar-refractivity contribution >= 4 is 65.1 Å². The number of carbonyl (C=O) groups excluding carboxylic acids is 3. The molecular formula is C53H72Cl3N9O9. The van der Waals surface area contributed by atoms with Gasteiger partial charge < -0.3 is 65.6 Å². The van der Waals surface area contributed by atoms with E-state index in [2.05, 4.69) is 60.6 Å². The number of amides is 6. The molecule has 0 unspecified atom stereocenters. The molecule has 0 radical (unpaired) electrons. The number of halogens is 3. The van der Waals surface area contributed by atoms with E-state index in [0.29, 0.717) is 70.8 Å². The number of piperidine rings is 2. The number of likely N-dealkylation sites (tertiary alicyclic amines) is 3. The summed E-state index contributed by atoms with van der Waals surface area (Å²) in [6.07, 6.45) is 6.50. The fraction of sp³-hybridized carbons (Fsp3) is 0.491. The van der Waals surface area contributed by atoms with Crippen molar-refractivity contribution in [3.63, 3.8) is 0 Å². The van der Waals surface area contributed by atoms with Crippen LogP contribution in [0.3, 0.4) is 0 Å². The van der Waals surface area contributed by atoms with E-state index in [0.717, 1.165) is 87.8 Å². The fourth-order valence-electron chi connectivity index (χ4n) is 10.5. The maximum absolute atomic E-state index is 13.0. The number of anilines is 2. The predicted octanol–water partition coefficient (Wildman–Crippen LogP) is 7.78. The fourth-order valence-corrected chi connectivity index (χ4v) is 10.8. The van der Waals surface area contributed by atoms with Crippen LogP contribution < -0.4 is 60.7 Å². The third-order valence-electron chi connectivity index (χ3n) is 14.4. The highest BCUT2D eigenvalue weighted by molar-refractivity contribution is 6.30. The molecule has 0 saturated carbocycles. The second kappa shape index (κ2) is 27.7. The molecule has 7 N–H and O–H groups in total. The van der Waals surface area contributed by atoms with E-state index in [9.17, 15) is 14.4 Å². The summed E-state index contributed by atoms with van der Waals surface area (Å²) in [6, 6.07) is 21.9. The largest absolute Gasteiger partial charge is 0.493 e. The summed E-state index contributed by atoms with van der Waals surface area (Å²) < 4.78 is 32.2. The van der Waals surface area contributed by atoms with Gasteiger partial charge in [0, 0.05) is 72.6 Å². The molecule has 74 heavy (non-hydrogen) atoms. The second-order valence-corrected chi connectivity index (χ2v) is 19.8. The summed E-state index contributed by atoms with van der Waals surface area (Å²) in [5.74, 6) is 4.03. The van der Waals surface area contributed by atoms with Gasteiger partial charge in [-0.2, -0.15) is 0 Å². The summed E-state index contributed by atoms with van der Waals surface area (Å²) in [7, 11) is 9.20. The maximum Gasteiger partial charge on any atom is 0.319 e. The van der Waals surface area contributed by atoms with E-state index in [1.165, 1.54) is 32.5 Å². The summed E-state index contributed by atoms with van der Waals surface area (Å²) in [5.41, 5.74) is 9.30. The smallest absolute Gasteiger partial charge is 0.319 e. The zero-order valence-corrected chi connectivity index (χ0v) is 45.4. The number of methoxy groups -OCH3 is 6. The van der Waals surface area contributed by atoms with E-state index in [-0.39, 0.29) is 42.6 Å². The van der Waals surface area contributed by atoms with E-state index in [1.54, 1.807) is 50.5 Å². The van der Waals surface area contributed by atoms with Crippen LogP contribution in [0.5, 0.6) is 34.5 Å². The van der Waals surface area contributed by atoms with Crippen LogP contribution in [0.4, 0.5) is 25.8 Å². The van der Waals surface area contributed by atoms with Crippen molar-refractivity contribution < 1.29 is 42.8 Å². The lowest BCUT2D eigenvalue weighted by atomic mass is 9.89. The third-order valence-corrected chi connectivity index (χ3v) is 14.9. The zero-order valence-electron chi connectivity index (χ0n) is 43.0. The Morgan fingerprint density at radius 1 is 0.568 bits per heavy atom. The molecule has 0 aliphatic carbocycles. The van der Waals surface area contributed by atoms with Crippen molar-refractivity contribution in [3.8, 4) is 34.5 Å². The van der Waals surface area contributed by atoms with Gasteiger partial charge in [0.25, 0.3) is 0 Å². The number of nitrogens with one attached hydrogen (secondary N) is 5. The molecule has 0 aromatic heterocycles. The van der Waals surface area contributed by atoms with Gasteiger partial charge in [-0.3, -0.25) is 9.80 Å². The molecule has 6 amide bonds. The highest BCUT2D eigenvalue weighted by Gasteiger charge is 2.40. The molecule has 4 aliphatic rings. The van der Waals surface area contributed by atoms with Crippen LogP contribution in [-0.2, 0) is 12.8 Å². The highest BCUT2D eigenvalue weighted by Crippen LogP contribution is 2.41. The van der Waals surface area contributed by atoms with Crippen LogP contribution in [0, 0.1) is 11.8 Å². The number of primary amides is 1. The van der Waals surface area contributed by atoms with Gasteiger partial charge in [0.15, 0.2) is 23.0 Å². The van der Waals surface area contributed by atoms with Crippen LogP contribution in [0.25, 0.3) is 0 Å². The Labute approximate surface area is 450 Å². The van der Waals surface area contributed by atoms with Crippen LogP contribution in [0.1, 0.15) is 36.8 Å². The standard InChI is InChI=1S/C27H36ClN5O5.C26H35ClN4O4.ClH/c1-36-23-13-20(14-24(37-2)25(23)38-3)30-27(35)31-21-15-33(26(29)34)16-22(21)32-10-8-18(9-11-32)12-17-4-6-19(28)7-5-17;1-33-23-13-20(14-24(34-2)25(23)35-3)29-26(32)30-21-15-28-16-22(21)31-10-8-18(9-11-31)12-17-4-6-19(27)7-5-17;/h4-7,13-14,18,21-22H,8-12,15-16H2,1-3H3,(H2,29,34)(H2,30,31,35);4-7,13-14,18,21-22,28H,8-12,15-16H2,1-3H3,(H2,29,30,32);1H/t2*21-,22-;/m11./s1. The molecule has 8 rings (SSSR count). The maximum atomic E-state index is 13.0. The van der Waals surface area contributed by atoms with Gasteiger partial charge in [0.1, 0.15) is 0 Å². The van der Waals surface area contributed by atoms with E-state index in [1.807, 2.05) is 24.3 Å². The predicted molar refractivity (Wildman–Crippen MR) is 292 cm³/mol. The first-order chi connectivity index (χ1) is 35.3. The summed E-state index contributed by atoms with van der Waals surface area (Å²) in [4.78, 5) is 44.3. The Balaban J connectivity index is 0.000000238. The second-order valence-electron chi connectivity index (χ2n) is 18.9. The van der Waals surface area contributed by atoms with Gasteiger partial charge in [0.2, 0.25) is 11.5 Å². The monoisotopic (exact) mass is 1080 g/mol. The SMILES string of the molecule is COc1cc(NC(=O)N[C@@H]2CN(C(N)=O)C[C@H]2N2CCC(Cc3ccc(Cl)cc3)CC2)cc(OC)c1OC.COc1cc(NC(=O)N[C@@H]2CNC[C@H]2N2CCC(Cc3ccc(Cl)cc3)CC2)cc(OC)c1OC.Cl. The molecule has 0 spiro atoms. The minimum Gasteiger partial charge on any atom is -0.493 e. The molecule has 4 atom stereocenters. The molecule has 18 nitrogen and oxygen atoms in total. The molecule has 4 aromatic rings.